The molecule has 1 aliphatic carbocycles. The minimum absolute atomic E-state index is 0.629. The molecule has 2 heterocycles. The van der Waals surface area contributed by atoms with Crippen molar-refractivity contribution >= 4 is 53.5 Å². The molecule has 0 bridgehead atoms. The number of esters is 8. The second-order valence-electron chi connectivity index (χ2n) is 9.92. The molecule has 10 atom stereocenters. The third-order valence-corrected chi connectivity index (χ3v) is 6.50. The van der Waals surface area contributed by atoms with Gasteiger partial charge in [-0.15, -0.1) is 0 Å². The topological polar surface area (TPSA) is 237 Å². The minimum Gasteiger partial charge on any atom is -0.463 e. The molecule has 3 rings (SSSR count). The van der Waals surface area contributed by atoms with Gasteiger partial charge in [0.15, 0.2) is 36.8 Å². The zero-order valence-corrected chi connectivity index (χ0v) is 24.3. The smallest absolute Gasteiger partial charge is 0.321 e. The van der Waals surface area contributed by atoms with Crippen molar-refractivity contribution in [1.29, 1.82) is 0 Å². The molecule has 0 spiro atoms. The number of hydrogen-bond acceptors (Lipinski definition) is 18. The highest BCUT2D eigenvalue weighted by Gasteiger charge is 2.65. The first-order valence-corrected chi connectivity index (χ1v) is 13.1. The molecule has 0 aromatic carbocycles. The van der Waals surface area contributed by atoms with E-state index in [0.717, 1.165) is 41.5 Å². The van der Waals surface area contributed by atoms with Crippen molar-refractivity contribution < 1.29 is 85.8 Å². The lowest BCUT2D eigenvalue weighted by atomic mass is 9.74. The highest BCUT2D eigenvalue weighted by atomic mass is 16.7. The van der Waals surface area contributed by atoms with E-state index in [0.29, 0.717) is 0 Å². The molecule has 0 N–H and O–H groups in total. The normalized spacial score (nSPS) is 32.8. The quantitative estimate of drug-likeness (QED) is 0.155. The molecule has 0 radical (unpaired) electrons. The number of Topliss-reactive ketones (excluding diaryl/α,β-unsaturated/α-hetero) is 1. The summed E-state index contributed by atoms with van der Waals surface area (Å²) in [5.41, 5.74) is 0. The van der Waals surface area contributed by atoms with Gasteiger partial charge in [-0.2, -0.15) is 0 Å². The van der Waals surface area contributed by atoms with Crippen LogP contribution in [0, 0.1) is 11.8 Å². The van der Waals surface area contributed by atoms with Crippen LogP contribution in [0.3, 0.4) is 0 Å². The van der Waals surface area contributed by atoms with E-state index in [-0.39, 0.29) is 0 Å². The summed E-state index contributed by atoms with van der Waals surface area (Å²) in [5, 5.41) is 0. The fourth-order valence-corrected chi connectivity index (χ4v) is 5.09. The average Bonchev–Trinajstić information content (AvgIpc) is 3.17. The number of cyclic esters (lactones) is 2. The van der Waals surface area contributed by atoms with Gasteiger partial charge in [-0.1, -0.05) is 0 Å². The number of rotatable bonds is 9. The Balaban J connectivity index is 2.14. The third kappa shape index (κ3) is 7.73. The average molecular weight is 631 g/mol. The molecule has 2 saturated heterocycles. The van der Waals surface area contributed by atoms with E-state index in [2.05, 4.69) is 0 Å². The van der Waals surface area contributed by atoms with Gasteiger partial charge in [0.25, 0.3) is 0 Å². The molecular weight excluding hydrogens is 600 g/mol. The van der Waals surface area contributed by atoms with Crippen LogP contribution in [0.4, 0.5) is 0 Å². The Hall–Kier alpha value is -4.45. The van der Waals surface area contributed by atoms with Gasteiger partial charge in [-0.3, -0.25) is 43.2 Å². The zero-order chi connectivity index (χ0) is 33.0. The van der Waals surface area contributed by atoms with Crippen LogP contribution in [0.15, 0.2) is 0 Å². The van der Waals surface area contributed by atoms with Crippen molar-refractivity contribution in [1.82, 2.24) is 0 Å². The van der Waals surface area contributed by atoms with Gasteiger partial charge in [0.2, 0.25) is 5.78 Å². The Kier molecular flexibility index (Phi) is 10.7. The van der Waals surface area contributed by atoms with Gasteiger partial charge in [0.05, 0.1) is 0 Å². The van der Waals surface area contributed by atoms with E-state index in [1.54, 1.807) is 0 Å². The molecule has 0 unspecified atom stereocenters. The Morgan fingerprint density at radius 1 is 0.568 bits per heavy atom. The molecule has 44 heavy (non-hydrogen) atoms. The van der Waals surface area contributed by atoms with Crippen LogP contribution >= 0.6 is 0 Å². The monoisotopic (exact) mass is 630 g/mol. The Labute approximate surface area is 248 Å². The highest BCUT2D eigenvalue weighted by Crippen LogP contribution is 2.42. The summed E-state index contributed by atoms with van der Waals surface area (Å²) in [6.07, 6.45) is -14.3. The fraction of sp³-hybridized carbons (Fsp3) is 0.654. The highest BCUT2D eigenvalue weighted by molar-refractivity contribution is 6.05. The number of hydrogen-bond donors (Lipinski definition) is 0. The molecule has 3 fully saturated rings. The van der Waals surface area contributed by atoms with Crippen LogP contribution in [0.2, 0.25) is 0 Å². The van der Waals surface area contributed by atoms with Crippen LogP contribution in [0.5, 0.6) is 0 Å². The van der Waals surface area contributed by atoms with E-state index >= 15 is 0 Å². The van der Waals surface area contributed by atoms with E-state index in [4.69, 9.17) is 42.6 Å². The predicted octanol–water partition coefficient (Wildman–Crippen LogP) is -1.78. The molecule has 0 aromatic rings. The van der Waals surface area contributed by atoms with Gasteiger partial charge in [0, 0.05) is 41.5 Å². The third-order valence-electron chi connectivity index (χ3n) is 6.50. The Morgan fingerprint density at radius 2 is 1.05 bits per heavy atom. The van der Waals surface area contributed by atoms with Crippen molar-refractivity contribution in [3.05, 3.63) is 0 Å². The molecule has 2 aliphatic heterocycles. The van der Waals surface area contributed by atoms with Crippen molar-refractivity contribution in [2.75, 3.05) is 6.61 Å². The number of ether oxygens (including phenoxy) is 9. The molecule has 0 amide bonds. The van der Waals surface area contributed by atoms with E-state index in [9.17, 15) is 43.2 Å². The first-order valence-electron chi connectivity index (χ1n) is 13.1. The van der Waals surface area contributed by atoms with Crippen molar-refractivity contribution in [3.63, 3.8) is 0 Å². The summed E-state index contributed by atoms with van der Waals surface area (Å²) in [6.45, 7) is 5.25. The summed E-state index contributed by atoms with van der Waals surface area (Å²) in [7, 11) is 0. The Bertz CT molecular complexity index is 1240. The second-order valence-corrected chi connectivity index (χ2v) is 9.92. The standard InChI is InChI=1S/C26H30O18/c1-8(27)36-7-14-18(37-9(2)28)22(40-12(5)31)23(41-13(6)32)26(42-14)43-20-16-15(24(34)44-25(16)35)19(38-10(3)29)17(33)21(20)39-11(4)30/h14-16,18-23,26H,7H2,1-6H3/t14-,15+,16-,18-,19-,20-,21-,22+,23-,26+/m1/s1. The Morgan fingerprint density at radius 3 is 1.57 bits per heavy atom. The summed E-state index contributed by atoms with van der Waals surface area (Å²) in [6, 6.07) is 0. The number of fused-ring (bicyclic) bond motifs is 1. The van der Waals surface area contributed by atoms with Crippen molar-refractivity contribution in [3.8, 4) is 0 Å². The van der Waals surface area contributed by atoms with Crippen LogP contribution in [0.25, 0.3) is 0 Å². The molecule has 18 nitrogen and oxygen atoms in total. The molecule has 18 heteroatoms. The van der Waals surface area contributed by atoms with Crippen LogP contribution < -0.4 is 0 Å². The lowest BCUT2D eigenvalue weighted by molar-refractivity contribution is -0.326. The van der Waals surface area contributed by atoms with E-state index in [1.807, 2.05) is 0 Å². The molecule has 3 aliphatic rings. The lowest BCUT2D eigenvalue weighted by Gasteiger charge is -2.46. The van der Waals surface area contributed by atoms with Gasteiger partial charge < -0.3 is 42.6 Å². The predicted molar refractivity (Wildman–Crippen MR) is 131 cm³/mol. The second kappa shape index (κ2) is 13.9. The van der Waals surface area contributed by atoms with Gasteiger partial charge in [-0.25, -0.2) is 0 Å². The number of ketones is 1. The lowest BCUT2D eigenvalue weighted by Crippen LogP contribution is -2.66. The maximum atomic E-state index is 13.5. The summed E-state index contributed by atoms with van der Waals surface area (Å²) < 4.78 is 47.5. The number of carbonyl (C=O) groups is 9. The molecule has 1 saturated carbocycles. The van der Waals surface area contributed by atoms with E-state index < -0.39 is 121 Å². The summed E-state index contributed by atoms with van der Waals surface area (Å²) in [5.74, 6) is -12.8. The first-order chi connectivity index (χ1) is 20.5. The molecular formula is C26H30O18. The van der Waals surface area contributed by atoms with Gasteiger partial charge in [-0.05, 0) is 0 Å². The minimum atomic E-state index is -2.01. The summed E-state index contributed by atoms with van der Waals surface area (Å²) >= 11 is 0. The maximum absolute atomic E-state index is 13.5. The van der Waals surface area contributed by atoms with Crippen LogP contribution in [-0.2, 0) is 85.8 Å². The largest absolute Gasteiger partial charge is 0.463 e. The SMILES string of the molecule is CC(=O)OC[C@H]1O[C@@H](O[C@@H]2[C@@H]3C(=O)OC(=O)[C@@H]3[C@@H](OC(C)=O)C(=O)[C@H]2OC(C)=O)[C@H](OC(C)=O)[C@@H](OC(C)=O)[C@@H]1OC(C)=O. The maximum Gasteiger partial charge on any atom is 0.321 e. The van der Waals surface area contributed by atoms with Crippen molar-refractivity contribution in [2.24, 2.45) is 11.8 Å². The van der Waals surface area contributed by atoms with E-state index in [1.165, 1.54) is 0 Å². The first kappa shape index (κ1) is 34.0. The molecule has 0 aromatic heterocycles. The molecule has 242 valence electrons. The zero-order valence-electron chi connectivity index (χ0n) is 24.3. The van der Waals surface area contributed by atoms with Crippen LogP contribution in [-0.4, -0.2) is 109 Å². The fourth-order valence-electron chi connectivity index (χ4n) is 5.09. The number of carbonyl (C=O) groups excluding carboxylic acids is 9. The van der Waals surface area contributed by atoms with Crippen LogP contribution in [0.1, 0.15) is 41.5 Å². The van der Waals surface area contributed by atoms with Crippen molar-refractivity contribution in [2.45, 2.75) is 90.6 Å². The van der Waals surface area contributed by atoms with Gasteiger partial charge in [0.1, 0.15) is 30.7 Å². The van der Waals surface area contributed by atoms with Gasteiger partial charge >= 0.3 is 47.8 Å². The summed E-state index contributed by atoms with van der Waals surface area (Å²) in [4.78, 5) is 111.